The highest BCUT2D eigenvalue weighted by atomic mass is 32.1. The summed E-state index contributed by atoms with van der Waals surface area (Å²) in [4.78, 5) is 28.5. The Morgan fingerprint density at radius 2 is 1.82 bits per heavy atom. The first-order valence-corrected chi connectivity index (χ1v) is 11.2. The van der Waals surface area contributed by atoms with Crippen LogP contribution in [0.3, 0.4) is 0 Å². The number of aliphatic hydroxyl groups excluding tert-OH is 1. The first kappa shape index (κ1) is 22.4. The zero-order chi connectivity index (χ0) is 23.5. The first-order chi connectivity index (χ1) is 16.0. The SMILES string of the molecule is CCOc1cc(C2C(C(=O)c3cccs3)=C(O)C(=O)N2c2ccc(OC)cc2)ccc1OC. The lowest BCUT2D eigenvalue weighted by Gasteiger charge is -2.27. The fourth-order valence-electron chi connectivity index (χ4n) is 3.83. The number of nitrogens with zero attached hydrogens (tertiary/aromatic N) is 1. The Morgan fingerprint density at radius 1 is 1.06 bits per heavy atom. The van der Waals surface area contributed by atoms with E-state index in [0.717, 1.165) is 0 Å². The third-order valence-electron chi connectivity index (χ3n) is 5.35. The molecule has 8 heteroatoms. The van der Waals surface area contributed by atoms with E-state index in [2.05, 4.69) is 0 Å². The van der Waals surface area contributed by atoms with Crippen molar-refractivity contribution in [3.8, 4) is 17.2 Å². The summed E-state index contributed by atoms with van der Waals surface area (Å²) in [7, 11) is 3.09. The second kappa shape index (κ2) is 9.38. The van der Waals surface area contributed by atoms with Crippen molar-refractivity contribution >= 4 is 28.7 Å². The van der Waals surface area contributed by atoms with Crippen molar-refractivity contribution in [3.63, 3.8) is 0 Å². The molecule has 0 fully saturated rings. The van der Waals surface area contributed by atoms with Gasteiger partial charge in [0.25, 0.3) is 5.91 Å². The van der Waals surface area contributed by atoms with Crippen molar-refractivity contribution in [2.24, 2.45) is 0 Å². The molecule has 3 aromatic rings. The second-order valence-electron chi connectivity index (χ2n) is 7.19. The lowest BCUT2D eigenvalue weighted by molar-refractivity contribution is -0.117. The number of carbonyl (C=O) groups excluding carboxylic acids is 2. The number of thiophene rings is 1. The second-order valence-corrected chi connectivity index (χ2v) is 8.14. The molecule has 170 valence electrons. The average Bonchev–Trinajstić information content (AvgIpc) is 3.46. The summed E-state index contributed by atoms with van der Waals surface area (Å²) >= 11 is 1.25. The maximum absolute atomic E-state index is 13.4. The van der Waals surface area contributed by atoms with Crippen LogP contribution in [-0.4, -0.2) is 37.6 Å². The smallest absolute Gasteiger partial charge is 0.294 e. The molecule has 2 aromatic carbocycles. The lowest BCUT2D eigenvalue weighted by Crippen LogP contribution is -2.31. The average molecular weight is 466 g/mol. The Labute approximate surface area is 195 Å². The van der Waals surface area contributed by atoms with Gasteiger partial charge in [-0.25, -0.2) is 0 Å². The number of Topliss-reactive ketones (excluding diaryl/α,β-unsaturated/α-hetero) is 1. The molecule has 0 saturated carbocycles. The van der Waals surface area contributed by atoms with Gasteiger partial charge in [-0.3, -0.25) is 14.5 Å². The van der Waals surface area contributed by atoms with Gasteiger partial charge in [-0.1, -0.05) is 12.1 Å². The van der Waals surface area contributed by atoms with Crippen LogP contribution in [0.25, 0.3) is 0 Å². The fourth-order valence-corrected chi connectivity index (χ4v) is 4.51. The molecule has 7 nitrogen and oxygen atoms in total. The van der Waals surface area contributed by atoms with Crippen LogP contribution in [0.4, 0.5) is 5.69 Å². The normalized spacial score (nSPS) is 15.7. The summed E-state index contributed by atoms with van der Waals surface area (Å²) < 4.78 is 16.3. The van der Waals surface area contributed by atoms with Crippen LogP contribution in [0, 0.1) is 0 Å². The highest BCUT2D eigenvalue weighted by Gasteiger charge is 2.45. The minimum Gasteiger partial charge on any atom is -0.503 e. The molecule has 0 bridgehead atoms. The Bertz CT molecular complexity index is 1200. The van der Waals surface area contributed by atoms with E-state index in [0.29, 0.717) is 40.0 Å². The van der Waals surface area contributed by atoms with E-state index in [9.17, 15) is 14.7 Å². The Kier molecular flexibility index (Phi) is 6.37. The van der Waals surface area contributed by atoms with Crippen molar-refractivity contribution in [2.75, 3.05) is 25.7 Å². The molecular weight excluding hydrogens is 442 g/mol. The quantitative estimate of drug-likeness (QED) is 0.474. The Balaban J connectivity index is 1.88. The van der Waals surface area contributed by atoms with E-state index >= 15 is 0 Å². The standard InChI is InChI=1S/C25H23NO6S/c1-4-32-19-14-15(7-12-18(19)31-3)22-21(23(27)20-6-5-13-33-20)24(28)25(29)26(22)16-8-10-17(30-2)11-9-16/h5-14,22,28H,4H2,1-3H3. The van der Waals surface area contributed by atoms with Crippen LogP contribution >= 0.6 is 11.3 Å². The number of rotatable bonds is 8. The zero-order valence-corrected chi connectivity index (χ0v) is 19.2. The van der Waals surface area contributed by atoms with Gasteiger partial charge in [-0.05, 0) is 60.3 Å². The highest BCUT2D eigenvalue weighted by Crippen LogP contribution is 2.44. The van der Waals surface area contributed by atoms with Gasteiger partial charge < -0.3 is 19.3 Å². The number of hydrogen-bond acceptors (Lipinski definition) is 7. The van der Waals surface area contributed by atoms with Gasteiger partial charge in [0, 0.05) is 5.69 Å². The topological polar surface area (TPSA) is 85.3 Å². The van der Waals surface area contributed by atoms with Crippen molar-refractivity contribution < 1.29 is 28.9 Å². The molecule has 0 radical (unpaired) electrons. The predicted octanol–water partition coefficient (Wildman–Crippen LogP) is 4.95. The largest absolute Gasteiger partial charge is 0.503 e. The van der Waals surface area contributed by atoms with E-state index in [-0.39, 0.29) is 5.57 Å². The van der Waals surface area contributed by atoms with Crippen molar-refractivity contribution in [1.29, 1.82) is 0 Å². The van der Waals surface area contributed by atoms with Gasteiger partial charge in [-0.15, -0.1) is 11.3 Å². The number of amides is 1. The fraction of sp³-hybridized carbons (Fsp3) is 0.200. The number of anilines is 1. The van der Waals surface area contributed by atoms with E-state index in [1.807, 2.05) is 6.92 Å². The maximum Gasteiger partial charge on any atom is 0.294 e. The molecule has 1 aliphatic rings. The van der Waals surface area contributed by atoms with Crippen LogP contribution in [0.1, 0.15) is 28.2 Å². The molecule has 1 amide bonds. The van der Waals surface area contributed by atoms with Gasteiger partial charge in [-0.2, -0.15) is 0 Å². The minimum absolute atomic E-state index is 0.0193. The molecule has 1 aliphatic heterocycles. The molecule has 1 unspecified atom stereocenters. The Morgan fingerprint density at radius 3 is 2.42 bits per heavy atom. The number of benzene rings is 2. The number of aliphatic hydroxyl groups is 1. The van der Waals surface area contributed by atoms with Crippen molar-refractivity contribution in [3.05, 3.63) is 81.8 Å². The number of ketones is 1. The predicted molar refractivity (Wildman–Crippen MR) is 126 cm³/mol. The Hall–Kier alpha value is -3.78. The minimum atomic E-state index is -0.856. The third-order valence-corrected chi connectivity index (χ3v) is 6.22. The molecule has 2 heterocycles. The van der Waals surface area contributed by atoms with Crippen molar-refractivity contribution in [2.45, 2.75) is 13.0 Å². The van der Waals surface area contributed by atoms with E-state index in [1.165, 1.54) is 23.3 Å². The number of carbonyl (C=O) groups is 2. The van der Waals surface area contributed by atoms with E-state index in [1.54, 1.807) is 67.1 Å². The van der Waals surface area contributed by atoms with Gasteiger partial charge >= 0.3 is 0 Å². The molecule has 1 aromatic heterocycles. The van der Waals surface area contributed by atoms with Gasteiger partial charge in [0.15, 0.2) is 17.3 Å². The number of methoxy groups -OCH3 is 2. The summed E-state index contributed by atoms with van der Waals surface area (Å²) in [5, 5.41) is 12.6. The van der Waals surface area contributed by atoms with E-state index in [4.69, 9.17) is 14.2 Å². The van der Waals surface area contributed by atoms with Gasteiger partial charge in [0.1, 0.15) is 5.75 Å². The lowest BCUT2D eigenvalue weighted by atomic mass is 9.94. The van der Waals surface area contributed by atoms with Gasteiger partial charge in [0.05, 0.1) is 37.3 Å². The molecule has 1 atom stereocenters. The van der Waals surface area contributed by atoms with Crippen LogP contribution in [0.5, 0.6) is 17.2 Å². The summed E-state index contributed by atoms with van der Waals surface area (Å²) in [5.74, 6) is 0.0128. The first-order valence-electron chi connectivity index (χ1n) is 10.3. The van der Waals surface area contributed by atoms with Crippen LogP contribution < -0.4 is 19.1 Å². The molecular formula is C25H23NO6S. The summed E-state index contributed by atoms with van der Waals surface area (Å²) in [5.41, 5.74) is 1.14. The monoisotopic (exact) mass is 465 g/mol. The molecule has 0 aliphatic carbocycles. The molecule has 1 N–H and O–H groups in total. The maximum atomic E-state index is 13.4. The zero-order valence-electron chi connectivity index (χ0n) is 18.4. The highest BCUT2D eigenvalue weighted by molar-refractivity contribution is 7.12. The summed E-state index contributed by atoms with van der Waals surface area (Å²) in [6, 6.07) is 14.6. The van der Waals surface area contributed by atoms with E-state index < -0.39 is 23.5 Å². The molecule has 0 saturated heterocycles. The summed E-state index contributed by atoms with van der Waals surface area (Å²) in [6.45, 7) is 2.26. The van der Waals surface area contributed by atoms with Crippen molar-refractivity contribution in [1.82, 2.24) is 0 Å². The molecule has 0 spiro atoms. The molecule has 33 heavy (non-hydrogen) atoms. The summed E-state index contributed by atoms with van der Waals surface area (Å²) in [6.07, 6.45) is 0. The van der Waals surface area contributed by atoms with Crippen LogP contribution in [-0.2, 0) is 4.79 Å². The third kappa shape index (κ3) is 4.05. The number of ether oxygens (including phenoxy) is 3. The van der Waals surface area contributed by atoms with Gasteiger partial charge in [0.2, 0.25) is 5.78 Å². The van der Waals surface area contributed by atoms with Crippen LogP contribution in [0.15, 0.2) is 71.3 Å². The molecule has 4 rings (SSSR count). The number of hydrogen-bond donors (Lipinski definition) is 1. The van der Waals surface area contributed by atoms with Crippen LogP contribution in [0.2, 0.25) is 0 Å².